The minimum absolute atomic E-state index is 0.0238. The number of rotatable bonds is 5. The van der Waals surface area contributed by atoms with E-state index in [1.165, 1.54) is 0 Å². The van der Waals surface area contributed by atoms with Crippen LogP contribution in [0.5, 0.6) is 17.4 Å². The highest BCUT2D eigenvalue weighted by atomic mass is 16.5. The van der Waals surface area contributed by atoms with E-state index in [0.29, 0.717) is 36.0 Å². The zero-order valence-electron chi connectivity index (χ0n) is 13.1. The van der Waals surface area contributed by atoms with Gasteiger partial charge in [0.1, 0.15) is 5.69 Å². The Labute approximate surface area is 134 Å². The van der Waals surface area contributed by atoms with Gasteiger partial charge in [0.25, 0.3) is 5.91 Å². The van der Waals surface area contributed by atoms with Crippen LogP contribution in [0.1, 0.15) is 5.56 Å². The Morgan fingerprint density at radius 2 is 2.04 bits per heavy atom. The number of carbonyl (C=O) groups is 1. The molecule has 1 amide bonds. The van der Waals surface area contributed by atoms with E-state index in [4.69, 9.17) is 14.2 Å². The Bertz CT molecular complexity index is 717. The average molecular weight is 314 g/mol. The summed E-state index contributed by atoms with van der Waals surface area (Å²) < 4.78 is 15.9. The standard InChI is InChI=1S/C17H18N2O4/c1-21-14-6-5-12(10-15(14)22-2)7-9-19-13-4-3-8-18-17(13)23-11-16(19)20/h3-6,8,10H,7,9,11H2,1-2H3. The molecule has 1 aliphatic heterocycles. The van der Waals surface area contributed by atoms with Crippen molar-refractivity contribution in [3.63, 3.8) is 0 Å². The van der Waals surface area contributed by atoms with E-state index in [1.807, 2.05) is 24.3 Å². The number of hydrogen-bond donors (Lipinski definition) is 0. The minimum atomic E-state index is -0.0639. The number of aromatic nitrogens is 1. The van der Waals surface area contributed by atoms with Crippen LogP contribution in [-0.4, -0.2) is 38.3 Å². The molecule has 0 unspecified atom stereocenters. The Morgan fingerprint density at radius 3 is 2.83 bits per heavy atom. The highest BCUT2D eigenvalue weighted by Crippen LogP contribution is 2.30. The van der Waals surface area contributed by atoms with Crippen LogP contribution in [0.25, 0.3) is 0 Å². The topological polar surface area (TPSA) is 60.9 Å². The van der Waals surface area contributed by atoms with Gasteiger partial charge in [-0.25, -0.2) is 4.98 Å². The van der Waals surface area contributed by atoms with Crippen molar-refractivity contribution in [3.8, 4) is 17.4 Å². The van der Waals surface area contributed by atoms with Crippen molar-refractivity contribution >= 4 is 11.6 Å². The van der Waals surface area contributed by atoms with Gasteiger partial charge in [0, 0.05) is 12.7 Å². The van der Waals surface area contributed by atoms with Crippen LogP contribution in [0.15, 0.2) is 36.5 Å². The largest absolute Gasteiger partial charge is 0.493 e. The number of fused-ring (bicyclic) bond motifs is 1. The van der Waals surface area contributed by atoms with Crippen LogP contribution in [0.4, 0.5) is 5.69 Å². The van der Waals surface area contributed by atoms with Gasteiger partial charge in [-0.15, -0.1) is 0 Å². The van der Waals surface area contributed by atoms with Gasteiger partial charge < -0.3 is 19.1 Å². The van der Waals surface area contributed by atoms with Crippen molar-refractivity contribution in [2.24, 2.45) is 0 Å². The fourth-order valence-corrected chi connectivity index (χ4v) is 2.56. The average Bonchev–Trinajstić information content (AvgIpc) is 2.60. The number of methoxy groups -OCH3 is 2. The van der Waals surface area contributed by atoms with Gasteiger partial charge in [-0.3, -0.25) is 4.79 Å². The van der Waals surface area contributed by atoms with Gasteiger partial charge >= 0.3 is 0 Å². The predicted molar refractivity (Wildman–Crippen MR) is 85.3 cm³/mol. The minimum Gasteiger partial charge on any atom is -0.493 e. The van der Waals surface area contributed by atoms with E-state index in [9.17, 15) is 4.79 Å². The lowest BCUT2D eigenvalue weighted by atomic mass is 10.1. The summed E-state index contributed by atoms with van der Waals surface area (Å²) in [5, 5.41) is 0. The molecule has 1 aliphatic rings. The summed E-state index contributed by atoms with van der Waals surface area (Å²) in [6.07, 6.45) is 2.35. The predicted octanol–water partition coefficient (Wildman–Crippen LogP) is 2.07. The highest BCUT2D eigenvalue weighted by Gasteiger charge is 2.25. The summed E-state index contributed by atoms with van der Waals surface area (Å²) in [4.78, 5) is 18.0. The molecule has 120 valence electrons. The molecule has 0 bridgehead atoms. The summed E-state index contributed by atoms with van der Waals surface area (Å²) in [5.74, 6) is 1.80. The van der Waals surface area contributed by atoms with Crippen LogP contribution in [0.2, 0.25) is 0 Å². The van der Waals surface area contributed by atoms with E-state index in [1.54, 1.807) is 31.4 Å². The van der Waals surface area contributed by atoms with Crippen LogP contribution in [0, 0.1) is 0 Å². The third kappa shape index (κ3) is 3.06. The number of benzene rings is 1. The molecule has 1 aromatic heterocycles. The highest BCUT2D eigenvalue weighted by molar-refractivity contribution is 5.97. The molecular weight excluding hydrogens is 296 g/mol. The molecule has 6 nitrogen and oxygen atoms in total. The second-order valence-corrected chi connectivity index (χ2v) is 5.10. The first-order valence-corrected chi connectivity index (χ1v) is 7.32. The Morgan fingerprint density at radius 1 is 1.22 bits per heavy atom. The first kappa shape index (κ1) is 15.1. The summed E-state index contributed by atoms with van der Waals surface area (Å²) in [5.41, 5.74) is 1.77. The van der Waals surface area contributed by atoms with Gasteiger partial charge in [0.15, 0.2) is 18.1 Å². The van der Waals surface area contributed by atoms with Crippen LogP contribution < -0.4 is 19.1 Å². The summed E-state index contributed by atoms with van der Waals surface area (Å²) >= 11 is 0. The lowest BCUT2D eigenvalue weighted by Gasteiger charge is -2.28. The second kappa shape index (κ2) is 6.56. The van der Waals surface area contributed by atoms with Gasteiger partial charge in [-0.1, -0.05) is 6.07 Å². The Kier molecular flexibility index (Phi) is 4.32. The molecule has 6 heteroatoms. The zero-order chi connectivity index (χ0) is 16.2. The number of hydrogen-bond acceptors (Lipinski definition) is 5. The molecule has 23 heavy (non-hydrogen) atoms. The van der Waals surface area contributed by atoms with Crippen LogP contribution >= 0.6 is 0 Å². The quantitative estimate of drug-likeness (QED) is 0.845. The van der Waals surface area contributed by atoms with Gasteiger partial charge in [0.05, 0.1) is 14.2 Å². The Hall–Kier alpha value is -2.76. The monoisotopic (exact) mass is 314 g/mol. The third-order valence-electron chi connectivity index (χ3n) is 3.75. The molecule has 0 N–H and O–H groups in total. The SMILES string of the molecule is COc1ccc(CCN2C(=O)COc3ncccc32)cc1OC. The molecule has 0 radical (unpaired) electrons. The van der Waals surface area contributed by atoms with Crippen molar-refractivity contribution in [3.05, 3.63) is 42.1 Å². The molecule has 3 rings (SSSR count). The molecule has 0 atom stereocenters. The molecule has 1 aromatic carbocycles. The fourth-order valence-electron chi connectivity index (χ4n) is 2.56. The maximum absolute atomic E-state index is 12.1. The molecule has 0 saturated carbocycles. The van der Waals surface area contributed by atoms with Crippen molar-refractivity contribution in [2.75, 3.05) is 32.3 Å². The van der Waals surface area contributed by atoms with Gasteiger partial charge in [-0.05, 0) is 36.2 Å². The third-order valence-corrected chi connectivity index (χ3v) is 3.75. The summed E-state index contributed by atoms with van der Waals surface area (Å²) in [6.45, 7) is 0.576. The summed E-state index contributed by atoms with van der Waals surface area (Å²) in [7, 11) is 3.21. The molecule has 2 aromatic rings. The fraction of sp³-hybridized carbons (Fsp3) is 0.294. The number of pyridine rings is 1. The van der Waals surface area contributed by atoms with Crippen LogP contribution in [-0.2, 0) is 11.2 Å². The molecule has 0 aliphatic carbocycles. The number of ether oxygens (including phenoxy) is 3. The number of carbonyl (C=O) groups excluding carboxylic acids is 1. The lowest BCUT2D eigenvalue weighted by molar-refractivity contribution is -0.121. The number of nitrogens with zero attached hydrogens (tertiary/aromatic N) is 2. The number of anilines is 1. The van der Waals surface area contributed by atoms with E-state index in [-0.39, 0.29) is 12.5 Å². The van der Waals surface area contributed by atoms with Crippen molar-refractivity contribution in [1.82, 2.24) is 4.98 Å². The first-order valence-electron chi connectivity index (χ1n) is 7.32. The molecule has 0 spiro atoms. The molecule has 0 fully saturated rings. The van der Waals surface area contributed by atoms with E-state index >= 15 is 0 Å². The first-order chi connectivity index (χ1) is 11.2. The molecular formula is C17H18N2O4. The van der Waals surface area contributed by atoms with Crippen molar-refractivity contribution in [2.45, 2.75) is 6.42 Å². The van der Waals surface area contributed by atoms with Gasteiger partial charge in [0.2, 0.25) is 5.88 Å². The normalized spacial score (nSPS) is 13.3. The van der Waals surface area contributed by atoms with E-state index in [2.05, 4.69) is 4.98 Å². The maximum Gasteiger partial charge on any atom is 0.265 e. The lowest BCUT2D eigenvalue weighted by Crippen LogP contribution is -2.40. The Balaban J connectivity index is 1.77. The van der Waals surface area contributed by atoms with Crippen LogP contribution in [0.3, 0.4) is 0 Å². The molecule has 2 heterocycles. The van der Waals surface area contributed by atoms with E-state index < -0.39 is 0 Å². The van der Waals surface area contributed by atoms with Crippen molar-refractivity contribution < 1.29 is 19.0 Å². The van der Waals surface area contributed by atoms with Gasteiger partial charge in [-0.2, -0.15) is 0 Å². The zero-order valence-corrected chi connectivity index (χ0v) is 13.1. The van der Waals surface area contributed by atoms with E-state index in [0.717, 1.165) is 5.56 Å². The van der Waals surface area contributed by atoms with Crippen molar-refractivity contribution in [1.29, 1.82) is 0 Å². The maximum atomic E-state index is 12.1. The smallest absolute Gasteiger partial charge is 0.265 e. The molecule has 0 saturated heterocycles. The number of amides is 1. The second-order valence-electron chi connectivity index (χ2n) is 5.10. The summed E-state index contributed by atoms with van der Waals surface area (Å²) in [6, 6.07) is 9.40.